The van der Waals surface area contributed by atoms with Crippen molar-refractivity contribution in [3.63, 3.8) is 0 Å². The first-order chi connectivity index (χ1) is 9.33. The molecule has 1 aliphatic heterocycles. The predicted octanol–water partition coefficient (Wildman–Crippen LogP) is 0.557. The molecule has 0 spiro atoms. The Morgan fingerprint density at radius 1 is 1.42 bits per heavy atom. The molecule has 0 saturated carbocycles. The number of nitrogens with one attached hydrogen (secondary N) is 3. The molecule has 1 aromatic carbocycles. The van der Waals surface area contributed by atoms with Crippen LogP contribution in [-0.2, 0) is 4.79 Å². The highest BCUT2D eigenvalue weighted by molar-refractivity contribution is 5.95. The summed E-state index contributed by atoms with van der Waals surface area (Å²) in [5, 5.41) is 19.8. The first-order valence-electron chi connectivity index (χ1n) is 6.21. The zero-order valence-electron chi connectivity index (χ0n) is 10.3. The number of H-pyrrole nitrogens is 1. The van der Waals surface area contributed by atoms with Crippen molar-refractivity contribution in [3.05, 3.63) is 24.3 Å². The van der Waals surface area contributed by atoms with E-state index in [2.05, 4.69) is 31.3 Å². The zero-order valence-corrected chi connectivity index (χ0v) is 10.3. The molecule has 1 saturated heterocycles. The summed E-state index contributed by atoms with van der Waals surface area (Å²) in [4.78, 5) is 12.0. The fourth-order valence-corrected chi connectivity index (χ4v) is 2.16. The summed E-state index contributed by atoms with van der Waals surface area (Å²) in [6.07, 6.45) is 1.93. The smallest absolute Gasteiger partial charge is 0.241 e. The van der Waals surface area contributed by atoms with Crippen molar-refractivity contribution in [1.82, 2.24) is 25.9 Å². The lowest BCUT2D eigenvalue weighted by Gasteiger charge is -2.11. The molecule has 2 aromatic rings. The number of aromatic nitrogens is 4. The van der Waals surface area contributed by atoms with Crippen LogP contribution in [0.3, 0.4) is 0 Å². The molecule has 0 bridgehead atoms. The summed E-state index contributed by atoms with van der Waals surface area (Å²) in [6, 6.07) is 7.31. The van der Waals surface area contributed by atoms with Gasteiger partial charge in [0.05, 0.1) is 6.04 Å². The van der Waals surface area contributed by atoms with Crippen LogP contribution >= 0.6 is 0 Å². The Bertz CT molecular complexity index is 561. The number of hydrogen-bond acceptors (Lipinski definition) is 5. The lowest BCUT2D eigenvalue weighted by molar-refractivity contribution is -0.117. The maximum absolute atomic E-state index is 12.0. The number of carbonyl (C=O) groups is 1. The zero-order chi connectivity index (χ0) is 13.1. The van der Waals surface area contributed by atoms with Crippen molar-refractivity contribution in [1.29, 1.82) is 0 Å². The molecule has 0 aliphatic carbocycles. The van der Waals surface area contributed by atoms with E-state index in [9.17, 15) is 4.79 Å². The fourth-order valence-electron chi connectivity index (χ4n) is 2.16. The average Bonchev–Trinajstić information content (AvgIpc) is 3.13. The van der Waals surface area contributed by atoms with Gasteiger partial charge in [0.25, 0.3) is 0 Å². The third-order valence-electron chi connectivity index (χ3n) is 3.11. The molecule has 1 aromatic heterocycles. The topological polar surface area (TPSA) is 95.6 Å². The van der Waals surface area contributed by atoms with E-state index in [0.29, 0.717) is 5.82 Å². The van der Waals surface area contributed by atoms with Gasteiger partial charge in [0.2, 0.25) is 11.7 Å². The molecule has 1 amide bonds. The van der Waals surface area contributed by atoms with E-state index in [0.717, 1.165) is 30.6 Å². The summed E-state index contributed by atoms with van der Waals surface area (Å²) < 4.78 is 0. The van der Waals surface area contributed by atoms with Gasteiger partial charge in [-0.1, -0.05) is 12.1 Å². The third-order valence-corrected chi connectivity index (χ3v) is 3.11. The fraction of sp³-hybridized carbons (Fsp3) is 0.333. The molecular formula is C12H14N6O. The van der Waals surface area contributed by atoms with Gasteiger partial charge >= 0.3 is 0 Å². The largest absolute Gasteiger partial charge is 0.325 e. The molecule has 7 nitrogen and oxygen atoms in total. The molecule has 98 valence electrons. The number of anilines is 1. The van der Waals surface area contributed by atoms with E-state index in [4.69, 9.17) is 0 Å². The number of aromatic amines is 1. The number of hydrogen-bond donors (Lipinski definition) is 3. The van der Waals surface area contributed by atoms with Crippen LogP contribution in [0.5, 0.6) is 0 Å². The minimum atomic E-state index is -0.0890. The maximum atomic E-state index is 12.0. The van der Waals surface area contributed by atoms with E-state index >= 15 is 0 Å². The van der Waals surface area contributed by atoms with Crippen LogP contribution in [0.2, 0.25) is 0 Å². The molecule has 3 rings (SSSR count). The number of amides is 1. The normalized spacial score (nSPS) is 18.4. The molecule has 0 radical (unpaired) electrons. The molecule has 7 heteroatoms. The summed E-state index contributed by atoms with van der Waals surface area (Å²) in [5.74, 6) is 0.512. The Hall–Kier alpha value is -2.28. The predicted molar refractivity (Wildman–Crippen MR) is 69.3 cm³/mol. The van der Waals surface area contributed by atoms with Gasteiger partial charge < -0.3 is 10.6 Å². The Balaban J connectivity index is 1.74. The van der Waals surface area contributed by atoms with Crippen LogP contribution in [0.25, 0.3) is 11.4 Å². The van der Waals surface area contributed by atoms with Gasteiger partial charge in [0.15, 0.2) is 0 Å². The quantitative estimate of drug-likeness (QED) is 0.747. The lowest BCUT2D eigenvalue weighted by Crippen LogP contribution is -2.35. The summed E-state index contributed by atoms with van der Waals surface area (Å²) in [7, 11) is 0. The number of carbonyl (C=O) groups excluding carboxylic acids is 1. The van der Waals surface area contributed by atoms with Crippen LogP contribution in [0.4, 0.5) is 5.69 Å². The highest BCUT2D eigenvalue weighted by Gasteiger charge is 2.21. The standard InChI is InChI=1S/C12H14N6O/c19-12(10-5-2-6-13-10)14-9-4-1-3-8(7-9)11-15-17-18-16-11/h1,3-4,7,10,13H,2,5-6H2,(H,14,19)(H,15,16,17,18). The summed E-state index contributed by atoms with van der Waals surface area (Å²) >= 11 is 0. The van der Waals surface area contributed by atoms with Gasteiger partial charge in [-0.3, -0.25) is 4.79 Å². The molecule has 1 aliphatic rings. The van der Waals surface area contributed by atoms with Crippen molar-refractivity contribution in [3.8, 4) is 11.4 Å². The number of rotatable bonds is 3. The molecule has 1 unspecified atom stereocenters. The summed E-state index contributed by atoms with van der Waals surface area (Å²) in [6.45, 7) is 0.904. The van der Waals surface area contributed by atoms with Crippen molar-refractivity contribution < 1.29 is 4.79 Å². The van der Waals surface area contributed by atoms with Crippen LogP contribution < -0.4 is 10.6 Å². The molecule has 3 N–H and O–H groups in total. The SMILES string of the molecule is O=C(Nc1cccc(-c2nn[nH]n2)c1)C1CCCN1. The van der Waals surface area contributed by atoms with E-state index in [1.807, 2.05) is 24.3 Å². The van der Waals surface area contributed by atoms with Crippen LogP contribution in [-0.4, -0.2) is 39.1 Å². The number of benzene rings is 1. The molecule has 19 heavy (non-hydrogen) atoms. The van der Waals surface area contributed by atoms with Gasteiger partial charge in [0, 0.05) is 11.3 Å². The monoisotopic (exact) mass is 258 g/mol. The minimum Gasteiger partial charge on any atom is -0.325 e. The first-order valence-corrected chi connectivity index (χ1v) is 6.21. The van der Waals surface area contributed by atoms with E-state index < -0.39 is 0 Å². The van der Waals surface area contributed by atoms with Gasteiger partial charge in [-0.25, -0.2) is 0 Å². The Morgan fingerprint density at radius 2 is 2.37 bits per heavy atom. The lowest BCUT2D eigenvalue weighted by atomic mass is 10.1. The van der Waals surface area contributed by atoms with Crippen molar-refractivity contribution in [2.75, 3.05) is 11.9 Å². The van der Waals surface area contributed by atoms with Crippen molar-refractivity contribution in [2.24, 2.45) is 0 Å². The van der Waals surface area contributed by atoms with Gasteiger partial charge in [-0.15, -0.1) is 10.2 Å². The molecule has 1 fully saturated rings. The molecule has 2 heterocycles. The van der Waals surface area contributed by atoms with Crippen LogP contribution in [0.1, 0.15) is 12.8 Å². The van der Waals surface area contributed by atoms with Crippen LogP contribution in [0, 0.1) is 0 Å². The van der Waals surface area contributed by atoms with Crippen molar-refractivity contribution in [2.45, 2.75) is 18.9 Å². The Kier molecular flexibility index (Phi) is 3.20. The molecular weight excluding hydrogens is 244 g/mol. The van der Waals surface area contributed by atoms with Gasteiger partial charge in [0.1, 0.15) is 0 Å². The van der Waals surface area contributed by atoms with Crippen LogP contribution in [0.15, 0.2) is 24.3 Å². The second kappa shape index (κ2) is 5.15. The van der Waals surface area contributed by atoms with E-state index in [1.54, 1.807) is 0 Å². The number of nitrogens with zero attached hydrogens (tertiary/aromatic N) is 3. The second-order valence-corrected chi connectivity index (χ2v) is 4.45. The van der Waals surface area contributed by atoms with E-state index in [-0.39, 0.29) is 11.9 Å². The Labute approximate surface area is 109 Å². The maximum Gasteiger partial charge on any atom is 0.241 e. The van der Waals surface area contributed by atoms with E-state index in [1.165, 1.54) is 0 Å². The van der Waals surface area contributed by atoms with Gasteiger partial charge in [-0.05, 0) is 36.7 Å². The highest BCUT2D eigenvalue weighted by Crippen LogP contribution is 2.19. The molecule has 1 atom stereocenters. The van der Waals surface area contributed by atoms with Crippen molar-refractivity contribution >= 4 is 11.6 Å². The summed E-state index contributed by atoms with van der Waals surface area (Å²) in [5.41, 5.74) is 1.55. The Morgan fingerprint density at radius 3 is 3.11 bits per heavy atom. The minimum absolute atomic E-state index is 0.00256. The second-order valence-electron chi connectivity index (χ2n) is 4.45. The third kappa shape index (κ3) is 2.60. The average molecular weight is 258 g/mol. The highest BCUT2D eigenvalue weighted by atomic mass is 16.2. The first kappa shape index (κ1) is 11.8. The number of tetrazole rings is 1. The van der Waals surface area contributed by atoms with Gasteiger partial charge in [-0.2, -0.15) is 5.21 Å².